The highest BCUT2D eigenvalue weighted by Gasteiger charge is 2.13. The summed E-state index contributed by atoms with van der Waals surface area (Å²) in [5.74, 6) is -1.26. The molecule has 0 bridgehead atoms. The third-order valence-corrected chi connectivity index (χ3v) is 3.36. The molecule has 0 aliphatic carbocycles. The lowest BCUT2D eigenvalue weighted by atomic mass is 9.98. The maximum atomic E-state index is 10.9. The van der Waals surface area contributed by atoms with Crippen LogP contribution in [0.3, 0.4) is 0 Å². The van der Waals surface area contributed by atoms with Crippen LogP contribution in [-0.2, 0) is 4.79 Å². The first-order valence-electron chi connectivity index (χ1n) is 5.76. The van der Waals surface area contributed by atoms with Crippen molar-refractivity contribution in [1.29, 1.82) is 0 Å². The van der Waals surface area contributed by atoms with Gasteiger partial charge in [0.05, 0.1) is 5.92 Å². The van der Waals surface area contributed by atoms with E-state index in [1.807, 2.05) is 42.5 Å². The third-order valence-electron chi connectivity index (χ3n) is 3.00. The summed E-state index contributed by atoms with van der Waals surface area (Å²) in [6.07, 6.45) is 0. The molecule has 18 heavy (non-hydrogen) atoms. The minimum Gasteiger partial charge on any atom is -0.481 e. The van der Waals surface area contributed by atoms with Crippen molar-refractivity contribution in [1.82, 2.24) is 0 Å². The molecule has 0 aromatic heterocycles. The first kappa shape index (κ1) is 12.8. The standard InChI is InChI=1S/C15H15O2P/c1-10(15(16)17)11-5-7-12(8-6-11)13-3-2-4-14(18)9-13/h2-10H,18H2,1H3,(H,16,17). The van der Waals surface area contributed by atoms with E-state index in [1.54, 1.807) is 6.92 Å². The number of hydrogen-bond acceptors (Lipinski definition) is 1. The number of carbonyl (C=O) groups is 1. The van der Waals surface area contributed by atoms with Crippen molar-refractivity contribution in [3.8, 4) is 11.1 Å². The summed E-state index contributed by atoms with van der Waals surface area (Å²) in [5.41, 5.74) is 3.06. The summed E-state index contributed by atoms with van der Waals surface area (Å²) in [4.78, 5) is 10.9. The van der Waals surface area contributed by atoms with Gasteiger partial charge in [-0.3, -0.25) is 4.79 Å². The number of hydrogen-bond donors (Lipinski definition) is 1. The molecule has 1 N–H and O–H groups in total. The van der Waals surface area contributed by atoms with E-state index in [-0.39, 0.29) is 0 Å². The molecule has 0 amide bonds. The Kier molecular flexibility index (Phi) is 3.78. The molecular formula is C15H15O2P. The van der Waals surface area contributed by atoms with E-state index in [2.05, 4.69) is 15.3 Å². The lowest BCUT2D eigenvalue weighted by Crippen LogP contribution is -2.06. The Hall–Kier alpha value is -1.66. The van der Waals surface area contributed by atoms with E-state index in [0.717, 1.165) is 22.0 Å². The van der Waals surface area contributed by atoms with Crippen LogP contribution in [0.15, 0.2) is 48.5 Å². The third kappa shape index (κ3) is 2.77. The quantitative estimate of drug-likeness (QED) is 0.859. The topological polar surface area (TPSA) is 37.3 Å². The smallest absolute Gasteiger partial charge is 0.310 e. The van der Waals surface area contributed by atoms with Crippen molar-refractivity contribution in [2.45, 2.75) is 12.8 Å². The van der Waals surface area contributed by atoms with Crippen molar-refractivity contribution in [2.75, 3.05) is 0 Å². The van der Waals surface area contributed by atoms with Crippen LogP contribution in [0, 0.1) is 0 Å². The second-order valence-electron chi connectivity index (χ2n) is 4.31. The molecule has 2 atom stereocenters. The van der Waals surface area contributed by atoms with Gasteiger partial charge < -0.3 is 5.11 Å². The van der Waals surface area contributed by atoms with Gasteiger partial charge in [-0.05, 0) is 35.0 Å². The van der Waals surface area contributed by atoms with Gasteiger partial charge in [-0.15, -0.1) is 9.24 Å². The minimum atomic E-state index is -0.797. The highest BCUT2D eigenvalue weighted by Crippen LogP contribution is 2.22. The molecule has 0 aliphatic heterocycles. The van der Waals surface area contributed by atoms with Gasteiger partial charge in [0, 0.05) is 0 Å². The SMILES string of the molecule is CC(C(=O)O)c1ccc(-c2cccc(P)c2)cc1. The molecule has 0 fully saturated rings. The fourth-order valence-electron chi connectivity index (χ4n) is 1.83. The summed E-state index contributed by atoms with van der Waals surface area (Å²) < 4.78 is 0. The van der Waals surface area contributed by atoms with E-state index in [0.29, 0.717) is 0 Å². The second kappa shape index (κ2) is 5.32. The van der Waals surface area contributed by atoms with Gasteiger partial charge in [0.15, 0.2) is 0 Å². The molecule has 0 spiro atoms. The Bertz CT molecular complexity index is 561. The van der Waals surface area contributed by atoms with Crippen molar-refractivity contribution >= 4 is 20.5 Å². The molecule has 2 rings (SSSR count). The molecule has 0 radical (unpaired) electrons. The van der Waals surface area contributed by atoms with Gasteiger partial charge >= 0.3 is 5.97 Å². The zero-order valence-electron chi connectivity index (χ0n) is 10.1. The van der Waals surface area contributed by atoms with Crippen LogP contribution in [-0.4, -0.2) is 11.1 Å². The summed E-state index contributed by atoms with van der Waals surface area (Å²) in [6.45, 7) is 1.70. The van der Waals surface area contributed by atoms with E-state index >= 15 is 0 Å². The van der Waals surface area contributed by atoms with Gasteiger partial charge in [0.1, 0.15) is 0 Å². The summed E-state index contributed by atoms with van der Waals surface area (Å²) in [7, 11) is 2.67. The summed E-state index contributed by atoms with van der Waals surface area (Å²) in [6, 6.07) is 15.8. The monoisotopic (exact) mass is 258 g/mol. The lowest BCUT2D eigenvalue weighted by Gasteiger charge is -2.08. The highest BCUT2D eigenvalue weighted by atomic mass is 31.0. The predicted octanol–water partition coefficient (Wildman–Crippen LogP) is 3.04. The van der Waals surface area contributed by atoms with Crippen LogP contribution in [0.25, 0.3) is 11.1 Å². The molecule has 2 nitrogen and oxygen atoms in total. The van der Waals surface area contributed by atoms with Crippen molar-refractivity contribution in [2.24, 2.45) is 0 Å². The van der Waals surface area contributed by atoms with Crippen molar-refractivity contribution < 1.29 is 9.90 Å². The Labute approximate surface area is 109 Å². The van der Waals surface area contributed by atoms with Crippen molar-refractivity contribution in [3.63, 3.8) is 0 Å². The number of carboxylic acids is 1. The van der Waals surface area contributed by atoms with Gasteiger partial charge in [-0.2, -0.15) is 0 Å². The lowest BCUT2D eigenvalue weighted by molar-refractivity contribution is -0.138. The molecule has 0 saturated carbocycles. The molecular weight excluding hydrogens is 243 g/mol. The van der Waals surface area contributed by atoms with Crippen LogP contribution in [0.4, 0.5) is 0 Å². The molecule has 2 aromatic rings. The van der Waals surface area contributed by atoms with E-state index in [9.17, 15) is 4.79 Å². The summed E-state index contributed by atoms with van der Waals surface area (Å²) in [5, 5.41) is 10.1. The number of rotatable bonds is 3. The zero-order valence-corrected chi connectivity index (χ0v) is 11.3. The molecule has 0 saturated heterocycles. The largest absolute Gasteiger partial charge is 0.481 e. The molecule has 2 aromatic carbocycles. The normalized spacial score (nSPS) is 12.1. The van der Waals surface area contributed by atoms with E-state index < -0.39 is 11.9 Å². The molecule has 3 heteroatoms. The van der Waals surface area contributed by atoms with Crippen LogP contribution >= 0.6 is 9.24 Å². The van der Waals surface area contributed by atoms with Crippen LogP contribution in [0.5, 0.6) is 0 Å². The maximum Gasteiger partial charge on any atom is 0.310 e. The molecule has 2 unspecified atom stereocenters. The van der Waals surface area contributed by atoms with Crippen LogP contribution < -0.4 is 5.30 Å². The predicted molar refractivity (Wildman–Crippen MR) is 77.3 cm³/mol. The average Bonchev–Trinajstić information content (AvgIpc) is 2.38. The van der Waals surface area contributed by atoms with Crippen molar-refractivity contribution in [3.05, 3.63) is 54.1 Å². The van der Waals surface area contributed by atoms with E-state index in [4.69, 9.17) is 5.11 Å². The first-order valence-corrected chi connectivity index (χ1v) is 6.34. The number of benzene rings is 2. The van der Waals surface area contributed by atoms with E-state index in [1.165, 1.54) is 0 Å². The van der Waals surface area contributed by atoms with Gasteiger partial charge in [0.2, 0.25) is 0 Å². The average molecular weight is 258 g/mol. The summed E-state index contributed by atoms with van der Waals surface area (Å²) >= 11 is 0. The maximum absolute atomic E-state index is 10.9. The van der Waals surface area contributed by atoms with Crippen LogP contribution in [0.2, 0.25) is 0 Å². The second-order valence-corrected chi connectivity index (χ2v) is 4.97. The molecule has 92 valence electrons. The Balaban J connectivity index is 2.30. The van der Waals surface area contributed by atoms with Gasteiger partial charge in [-0.1, -0.05) is 42.5 Å². The van der Waals surface area contributed by atoms with Gasteiger partial charge in [-0.25, -0.2) is 0 Å². The Morgan fingerprint density at radius 3 is 2.33 bits per heavy atom. The number of aliphatic carboxylic acids is 1. The first-order chi connectivity index (χ1) is 8.58. The van der Waals surface area contributed by atoms with Gasteiger partial charge in [0.25, 0.3) is 0 Å². The Morgan fingerprint density at radius 1 is 1.11 bits per heavy atom. The molecule has 0 aliphatic rings. The Morgan fingerprint density at radius 2 is 1.78 bits per heavy atom. The minimum absolute atomic E-state index is 0.466. The molecule has 0 heterocycles. The fourth-order valence-corrected chi connectivity index (χ4v) is 2.12. The number of carboxylic acid groups (broad SMARTS) is 1. The van der Waals surface area contributed by atoms with Crippen LogP contribution in [0.1, 0.15) is 18.4 Å². The zero-order chi connectivity index (χ0) is 13.1. The fraction of sp³-hybridized carbons (Fsp3) is 0.133. The highest BCUT2D eigenvalue weighted by molar-refractivity contribution is 7.27.